The molecule has 2 amide bonds. The smallest absolute Gasteiger partial charge is 0.240 e. The number of hydrogen-bond acceptors (Lipinski definition) is 4. The molecule has 2 rings (SSSR count). The summed E-state index contributed by atoms with van der Waals surface area (Å²) in [5.74, 6) is 0.232. The lowest BCUT2D eigenvalue weighted by Gasteiger charge is -2.05. The van der Waals surface area contributed by atoms with Crippen LogP contribution in [0.25, 0.3) is 0 Å². The second-order valence-corrected chi connectivity index (χ2v) is 5.33. The van der Waals surface area contributed by atoms with E-state index in [1.165, 1.54) is 6.21 Å². The Balaban J connectivity index is 1.67. The number of carbonyl (C=O) groups excluding carboxylic acids is 2. The highest BCUT2D eigenvalue weighted by atomic mass is 16.5. The zero-order chi connectivity index (χ0) is 17.9. The van der Waals surface area contributed by atoms with Crippen LogP contribution in [-0.2, 0) is 16.1 Å². The summed E-state index contributed by atoms with van der Waals surface area (Å²) in [4.78, 5) is 23.4. The summed E-state index contributed by atoms with van der Waals surface area (Å²) >= 11 is 0. The fourth-order valence-electron chi connectivity index (χ4n) is 2.07. The van der Waals surface area contributed by atoms with Crippen LogP contribution in [0.1, 0.15) is 24.0 Å². The van der Waals surface area contributed by atoms with Crippen LogP contribution in [0.5, 0.6) is 5.75 Å². The van der Waals surface area contributed by atoms with Crippen molar-refractivity contribution < 1.29 is 14.3 Å². The van der Waals surface area contributed by atoms with Gasteiger partial charge in [-0.3, -0.25) is 9.59 Å². The molecule has 0 atom stereocenters. The molecule has 6 heteroatoms. The number of nitrogens with zero attached hydrogens (tertiary/aromatic N) is 1. The van der Waals surface area contributed by atoms with Crippen molar-refractivity contribution in [2.75, 3.05) is 7.11 Å². The maximum Gasteiger partial charge on any atom is 0.240 e. The Morgan fingerprint density at radius 2 is 1.80 bits per heavy atom. The molecule has 0 radical (unpaired) electrons. The molecule has 0 saturated heterocycles. The number of benzene rings is 2. The van der Waals surface area contributed by atoms with Gasteiger partial charge >= 0.3 is 0 Å². The maximum absolute atomic E-state index is 11.7. The van der Waals surface area contributed by atoms with E-state index >= 15 is 0 Å². The molecule has 0 spiro atoms. The van der Waals surface area contributed by atoms with E-state index in [0.717, 1.165) is 11.1 Å². The van der Waals surface area contributed by atoms with Crippen LogP contribution in [0.3, 0.4) is 0 Å². The van der Waals surface area contributed by atoms with E-state index in [4.69, 9.17) is 4.74 Å². The van der Waals surface area contributed by atoms with Gasteiger partial charge in [0.1, 0.15) is 5.75 Å². The van der Waals surface area contributed by atoms with Crippen molar-refractivity contribution in [2.45, 2.75) is 19.4 Å². The van der Waals surface area contributed by atoms with Crippen LogP contribution < -0.4 is 15.5 Å². The molecule has 0 aliphatic rings. The monoisotopic (exact) mass is 339 g/mol. The Morgan fingerprint density at radius 3 is 2.56 bits per heavy atom. The fraction of sp³-hybridized carbons (Fsp3) is 0.211. The topological polar surface area (TPSA) is 79.8 Å². The predicted octanol–water partition coefficient (Wildman–Crippen LogP) is 2.24. The molecular formula is C19H21N3O3. The fourth-order valence-corrected chi connectivity index (χ4v) is 2.07. The van der Waals surface area contributed by atoms with Gasteiger partial charge in [-0.05, 0) is 23.3 Å². The largest absolute Gasteiger partial charge is 0.497 e. The summed E-state index contributed by atoms with van der Waals surface area (Å²) < 4.78 is 5.11. The van der Waals surface area contributed by atoms with Crippen LogP contribution in [0.4, 0.5) is 0 Å². The lowest BCUT2D eigenvalue weighted by molar-refractivity contribution is -0.126. The molecule has 2 aromatic rings. The van der Waals surface area contributed by atoms with Crippen LogP contribution in [0.2, 0.25) is 0 Å². The third-order valence-corrected chi connectivity index (χ3v) is 3.41. The van der Waals surface area contributed by atoms with Crippen LogP contribution in [0, 0.1) is 0 Å². The highest BCUT2D eigenvalue weighted by molar-refractivity contribution is 5.85. The van der Waals surface area contributed by atoms with Crippen molar-refractivity contribution in [3.05, 3.63) is 65.7 Å². The molecule has 0 aliphatic carbocycles. The molecule has 0 unspecified atom stereocenters. The molecule has 2 N–H and O–H groups in total. The van der Waals surface area contributed by atoms with Gasteiger partial charge in [0, 0.05) is 19.4 Å². The molecule has 25 heavy (non-hydrogen) atoms. The van der Waals surface area contributed by atoms with Crippen molar-refractivity contribution in [2.24, 2.45) is 5.10 Å². The number of ether oxygens (including phenoxy) is 1. The first-order chi connectivity index (χ1) is 12.2. The van der Waals surface area contributed by atoms with Crippen molar-refractivity contribution in [3.63, 3.8) is 0 Å². The quantitative estimate of drug-likeness (QED) is 0.572. The Labute approximate surface area is 146 Å². The van der Waals surface area contributed by atoms with Gasteiger partial charge in [-0.1, -0.05) is 42.5 Å². The summed E-state index contributed by atoms with van der Waals surface area (Å²) in [6.45, 7) is 0.454. The molecule has 130 valence electrons. The molecule has 0 fully saturated rings. The van der Waals surface area contributed by atoms with Gasteiger partial charge < -0.3 is 10.1 Å². The SMILES string of the molecule is COc1cccc(/C=N/NC(=O)CCC(=O)NCc2ccccc2)c1. The van der Waals surface area contributed by atoms with Gasteiger partial charge in [0.15, 0.2) is 0 Å². The Kier molecular flexibility index (Phi) is 7.18. The number of hydrogen-bond donors (Lipinski definition) is 2. The first-order valence-electron chi connectivity index (χ1n) is 7.94. The number of methoxy groups -OCH3 is 1. The molecular weight excluding hydrogens is 318 g/mol. The second-order valence-electron chi connectivity index (χ2n) is 5.33. The lowest BCUT2D eigenvalue weighted by atomic mass is 10.2. The normalized spacial score (nSPS) is 10.4. The number of nitrogens with one attached hydrogen (secondary N) is 2. The average Bonchev–Trinajstić information content (AvgIpc) is 2.65. The van der Waals surface area contributed by atoms with Gasteiger partial charge in [0.2, 0.25) is 11.8 Å². The van der Waals surface area contributed by atoms with E-state index in [1.807, 2.05) is 48.5 Å². The van der Waals surface area contributed by atoms with Crippen LogP contribution in [-0.4, -0.2) is 25.1 Å². The Morgan fingerprint density at radius 1 is 1.04 bits per heavy atom. The van der Waals surface area contributed by atoms with E-state index in [2.05, 4.69) is 15.8 Å². The van der Waals surface area contributed by atoms with Gasteiger partial charge in [-0.15, -0.1) is 0 Å². The predicted molar refractivity (Wildman–Crippen MR) is 96.3 cm³/mol. The summed E-state index contributed by atoms with van der Waals surface area (Å²) in [5, 5.41) is 6.65. The van der Waals surface area contributed by atoms with E-state index in [-0.39, 0.29) is 24.7 Å². The molecule has 0 saturated carbocycles. The molecule has 6 nitrogen and oxygen atoms in total. The van der Waals surface area contributed by atoms with Gasteiger partial charge in [0.25, 0.3) is 0 Å². The zero-order valence-electron chi connectivity index (χ0n) is 14.1. The summed E-state index contributed by atoms with van der Waals surface area (Å²) in [6.07, 6.45) is 1.72. The van der Waals surface area contributed by atoms with Gasteiger partial charge in [-0.25, -0.2) is 5.43 Å². The minimum absolute atomic E-state index is 0.0794. The van der Waals surface area contributed by atoms with E-state index in [0.29, 0.717) is 12.3 Å². The summed E-state index contributed by atoms with van der Waals surface area (Å²) in [5.41, 5.74) is 4.23. The Bertz CT molecular complexity index is 730. The minimum Gasteiger partial charge on any atom is -0.497 e. The number of amides is 2. The zero-order valence-corrected chi connectivity index (χ0v) is 14.1. The first kappa shape index (κ1) is 18.2. The number of hydrazone groups is 1. The molecule has 0 heterocycles. The highest BCUT2D eigenvalue weighted by Crippen LogP contribution is 2.10. The van der Waals surface area contributed by atoms with Crippen molar-refractivity contribution in [1.29, 1.82) is 0 Å². The van der Waals surface area contributed by atoms with Gasteiger partial charge in [-0.2, -0.15) is 5.10 Å². The number of carbonyl (C=O) groups is 2. The average molecular weight is 339 g/mol. The first-order valence-corrected chi connectivity index (χ1v) is 7.94. The van der Waals surface area contributed by atoms with Crippen molar-refractivity contribution in [1.82, 2.24) is 10.7 Å². The lowest BCUT2D eigenvalue weighted by Crippen LogP contribution is -2.25. The molecule has 0 aromatic heterocycles. The summed E-state index contributed by atoms with van der Waals surface area (Å²) in [6, 6.07) is 16.9. The van der Waals surface area contributed by atoms with Gasteiger partial charge in [0.05, 0.1) is 13.3 Å². The molecule has 0 aliphatic heterocycles. The number of rotatable bonds is 8. The third-order valence-electron chi connectivity index (χ3n) is 3.41. The van der Waals surface area contributed by atoms with E-state index in [9.17, 15) is 9.59 Å². The van der Waals surface area contributed by atoms with Crippen molar-refractivity contribution >= 4 is 18.0 Å². The Hall–Kier alpha value is -3.15. The maximum atomic E-state index is 11.7. The standard InChI is InChI=1S/C19H21N3O3/c1-25-17-9-5-8-16(12-17)14-21-22-19(24)11-10-18(23)20-13-15-6-3-2-4-7-15/h2-9,12,14H,10-11,13H2,1H3,(H,20,23)(H,22,24)/b21-14+. The molecule has 0 bridgehead atoms. The van der Waals surface area contributed by atoms with Crippen molar-refractivity contribution in [3.8, 4) is 5.75 Å². The second kappa shape index (κ2) is 9.87. The van der Waals surface area contributed by atoms with E-state index in [1.54, 1.807) is 13.2 Å². The van der Waals surface area contributed by atoms with E-state index < -0.39 is 0 Å². The summed E-state index contributed by atoms with van der Waals surface area (Å²) in [7, 11) is 1.58. The highest BCUT2D eigenvalue weighted by Gasteiger charge is 2.06. The minimum atomic E-state index is -0.311. The third kappa shape index (κ3) is 6.87. The van der Waals surface area contributed by atoms with Crippen LogP contribution >= 0.6 is 0 Å². The molecule has 2 aromatic carbocycles. The van der Waals surface area contributed by atoms with Crippen LogP contribution in [0.15, 0.2) is 59.7 Å².